The Morgan fingerprint density at radius 2 is 1.56 bits per heavy atom. The molecule has 27 heavy (non-hydrogen) atoms. The Hall–Kier alpha value is -3.32. The molecule has 0 radical (unpaired) electrons. The Morgan fingerprint density at radius 3 is 2.19 bits per heavy atom. The van der Waals surface area contributed by atoms with E-state index in [-0.39, 0.29) is 5.91 Å². The lowest BCUT2D eigenvalue weighted by atomic mass is 10.2. The summed E-state index contributed by atoms with van der Waals surface area (Å²) in [5.41, 5.74) is 1.69. The van der Waals surface area contributed by atoms with Crippen molar-refractivity contribution in [3.8, 4) is 11.5 Å². The molecule has 7 nitrogen and oxygen atoms in total. The predicted molar refractivity (Wildman–Crippen MR) is 104 cm³/mol. The van der Waals surface area contributed by atoms with Crippen LogP contribution in [0.25, 0.3) is 0 Å². The van der Waals surface area contributed by atoms with E-state index in [2.05, 4.69) is 20.6 Å². The highest BCUT2D eigenvalue weighted by molar-refractivity contribution is 6.30. The van der Waals surface area contributed by atoms with Gasteiger partial charge in [-0.05, 0) is 36.4 Å². The van der Waals surface area contributed by atoms with Crippen molar-refractivity contribution in [2.45, 2.75) is 0 Å². The molecule has 1 heterocycles. The highest BCUT2D eigenvalue weighted by Crippen LogP contribution is 2.29. The van der Waals surface area contributed by atoms with E-state index in [0.717, 1.165) is 5.69 Å². The van der Waals surface area contributed by atoms with Gasteiger partial charge in [0.2, 0.25) is 5.95 Å². The molecule has 2 aromatic carbocycles. The second-order valence-corrected chi connectivity index (χ2v) is 5.89. The van der Waals surface area contributed by atoms with Crippen LogP contribution in [-0.2, 0) is 0 Å². The van der Waals surface area contributed by atoms with Gasteiger partial charge in [-0.2, -0.15) is 0 Å². The standard InChI is InChI=1S/C19H17ClN4O3/c1-26-16-8-7-15(9-17(16)27-2)23-18(25)12-10-21-19(22-11-12)24-14-5-3-13(20)4-6-14/h3-11H,1-2H3,(H,23,25)(H,21,22,24). The van der Waals surface area contributed by atoms with Crippen LogP contribution in [0.4, 0.5) is 17.3 Å². The maximum absolute atomic E-state index is 12.4. The van der Waals surface area contributed by atoms with Gasteiger partial charge in [-0.1, -0.05) is 11.6 Å². The van der Waals surface area contributed by atoms with E-state index in [0.29, 0.717) is 33.7 Å². The summed E-state index contributed by atoms with van der Waals surface area (Å²) in [4.78, 5) is 20.7. The van der Waals surface area contributed by atoms with Gasteiger partial charge < -0.3 is 20.1 Å². The molecule has 0 aliphatic carbocycles. The smallest absolute Gasteiger partial charge is 0.258 e. The molecule has 8 heteroatoms. The van der Waals surface area contributed by atoms with E-state index in [1.807, 2.05) is 12.1 Å². The molecule has 0 atom stereocenters. The fraction of sp³-hybridized carbons (Fsp3) is 0.105. The largest absolute Gasteiger partial charge is 0.493 e. The third kappa shape index (κ3) is 4.65. The number of nitrogens with zero attached hydrogens (tertiary/aromatic N) is 2. The lowest BCUT2D eigenvalue weighted by molar-refractivity contribution is 0.102. The summed E-state index contributed by atoms with van der Waals surface area (Å²) in [6.07, 6.45) is 2.89. The maximum Gasteiger partial charge on any atom is 0.258 e. The molecule has 0 aliphatic heterocycles. The fourth-order valence-electron chi connectivity index (χ4n) is 2.29. The van der Waals surface area contributed by atoms with E-state index >= 15 is 0 Å². The van der Waals surface area contributed by atoms with Crippen molar-refractivity contribution >= 4 is 34.8 Å². The Kier molecular flexibility index (Phi) is 5.73. The number of methoxy groups -OCH3 is 2. The number of hydrogen-bond acceptors (Lipinski definition) is 6. The van der Waals surface area contributed by atoms with Crippen LogP contribution in [0.15, 0.2) is 54.9 Å². The summed E-state index contributed by atoms with van der Waals surface area (Å²) < 4.78 is 10.4. The molecule has 1 aromatic heterocycles. The zero-order chi connectivity index (χ0) is 19.2. The average molecular weight is 385 g/mol. The Balaban J connectivity index is 1.67. The molecule has 0 saturated heterocycles. The van der Waals surface area contributed by atoms with Crippen molar-refractivity contribution in [1.29, 1.82) is 0 Å². The molecule has 0 unspecified atom stereocenters. The van der Waals surface area contributed by atoms with Crippen LogP contribution in [0, 0.1) is 0 Å². The van der Waals surface area contributed by atoms with E-state index in [9.17, 15) is 4.79 Å². The number of halogens is 1. The van der Waals surface area contributed by atoms with Gasteiger partial charge in [-0.15, -0.1) is 0 Å². The lowest BCUT2D eigenvalue weighted by Gasteiger charge is -2.10. The van der Waals surface area contributed by atoms with Crippen LogP contribution in [0.3, 0.4) is 0 Å². The number of rotatable bonds is 6. The van der Waals surface area contributed by atoms with Gasteiger partial charge in [0, 0.05) is 34.9 Å². The quantitative estimate of drug-likeness (QED) is 0.664. The van der Waals surface area contributed by atoms with E-state index in [1.165, 1.54) is 19.5 Å². The monoisotopic (exact) mass is 384 g/mol. The molecule has 0 saturated carbocycles. The maximum atomic E-state index is 12.4. The minimum absolute atomic E-state index is 0.325. The van der Waals surface area contributed by atoms with Crippen LogP contribution in [0.5, 0.6) is 11.5 Å². The van der Waals surface area contributed by atoms with Crippen molar-refractivity contribution in [2.75, 3.05) is 24.9 Å². The van der Waals surface area contributed by atoms with Crippen LogP contribution in [0.1, 0.15) is 10.4 Å². The summed E-state index contributed by atoms with van der Waals surface area (Å²) in [6, 6.07) is 12.2. The number of amides is 1. The Labute approximate surface area is 161 Å². The molecule has 0 fully saturated rings. The topological polar surface area (TPSA) is 85.4 Å². The second kappa shape index (κ2) is 8.37. The molecule has 0 spiro atoms. The first kappa shape index (κ1) is 18.5. The molecule has 0 aliphatic rings. The number of nitrogens with one attached hydrogen (secondary N) is 2. The number of benzene rings is 2. The first-order valence-corrected chi connectivity index (χ1v) is 8.35. The van der Waals surface area contributed by atoms with Crippen LogP contribution < -0.4 is 20.1 Å². The third-order valence-electron chi connectivity index (χ3n) is 3.66. The van der Waals surface area contributed by atoms with Crippen molar-refractivity contribution in [1.82, 2.24) is 9.97 Å². The molecule has 138 valence electrons. The highest BCUT2D eigenvalue weighted by atomic mass is 35.5. The van der Waals surface area contributed by atoms with Crippen LogP contribution >= 0.6 is 11.6 Å². The van der Waals surface area contributed by atoms with Gasteiger partial charge in [-0.25, -0.2) is 9.97 Å². The molecule has 3 rings (SSSR count). The Bertz CT molecular complexity index is 931. The first-order chi connectivity index (χ1) is 13.1. The molecule has 3 aromatic rings. The number of carbonyl (C=O) groups is 1. The zero-order valence-corrected chi connectivity index (χ0v) is 15.4. The molecular formula is C19H17ClN4O3. The van der Waals surface area contributed by atoms with Gasteiger partial charge in [-0.3, -0.25) is 4.79 Å². The normalized spacial score (nSPS) is 10.2. The number of aromatic nitrogens is 2. The Morgan fingerprint density at radius 1 is 0.926 bits per heavy atom. The minimum atomic E-state index is -0.333. The van der Waals surface area contributed by atoms with Crippen molar-refractivity contribution in [3.63, 3.8) is 0 Å². The van der Waals surface area contributed by atoms with Crippen molar-refractivity contribution < 1.29 is 14.3 Å². The minimum Gasteiger partial charge on any atom is -0.493 e. The summed E-state index contributed by atoms with van der Waals surface area (Å²) in [6.45, 7) is 0. The average Bonchev–Trinajstić information content (AvgIpc) is 2.70. The summed E-state index contributed by atoms with van der Waals surface area (Å²) in [5.74, 6) is 1.14. The molecule has 0 bridgehead atoms. The number of carbonyl (C=O) groups excluding carboxylic acids is 1. The van der Waals surface area contributed by atoms with Crippen molar-refractivity contribution in [3.05, 3.63) is 65.4 Å². The van der Waals surface area contributed by atoms with E-state index in [4.69, 9.17) is 21.1 Å². The van der Waals surface area contributed by atoms with Gasteiger partial charge in [0.1, 0.15) is 0 Å². The second-order valence-electron chi connectivity index (χ2n) is 5.45. The zero-order valence-electron chi connectivity index (χ0n) is 14.7. The number of anilines is 3. The molecule has 2 N–H and O–H groups in total. The van der Waals surface area contributed by atoms with E-state index < -0.39 is 0 Å². The first-order valence-electron chi connectivity index (χ1n) is 7.97. The number of hydrogen-bond donors (Lipinski definition) is 2. The third-order valence-corrected chi connectivity index (χ3v) is 3.91. The summed E-state index contributed by atoms with van der Waals surface area (Å²) in [7, 11) is 3.08. The SMILES string of the molecule is COc1ccc(NC(=O)c2cnc(Nc3ccc(Cl)cc3)nc2)cc1OC. The highest BCUT2D eigenvalue weighted by Gasteiger charge is 2.10. The number of ether oxygens (including phenoxy) is 2. The van der Waals surface area contributed by atoms with Gasteiger partial charge in [0.25, 0.3) is 5.91 Å². The molecular weight excluding hydrogens is 368 g/mol. The van der Waals surface area contributed by atoms with Crippen LogP contribution in [-0.4, -0.2) is 30.1 Å². The fourth-order valence-corrected chi connectivity index (χ4v) is 2.42. The predicted octanol–water partition coefficient (Wildman–Crippen LogP) is 4.14. The van der Waals surface area contributed by atoms with Gasteiger partial charge in [0.05, 0.1) is 19.8 Å². The lowest BCUT2D eigenvalue weighted by Crippen LogP contribution is -2.13. The molecule has 1 amide bonds. The van der Waals surface area contributed by atoms with Gasteiger partial charge in [0.15, 0.2) is 11.5 Å². The summed E-state index contributed by atoms with van der Waals surface area (Å²) in [5, 5.41) is 6.44. The summed E-state index contributed by atoms with van der Waals surface area (Å²) >= 11 is 5.85. The van der Waals surface area contributed by atoms with E-state index in [1.54, 1.807) is 37.4 Å². The van der Waals surface area contributed by atoms with Crippen molar-refractivity contribution in [2.24, 2.45) is 0 Å². The van der Waals surface area contributed by atoms with Gasteiger partial charge >= 0.3 is 0 Å². The van der Waals surface area contributed by atoms with Crippen LogP contribution in [0.2, 0.25) is 5.02 Å².